The highest BCUT2D eigenvalue weighted by Gasteiger charge is 2.12. The van der Waals surface area contributed by atoms with E-state index in [2.05, 4.69) is 15.5 Å². The van der Waals surface area contributed by atoms with Crippen LogP contribution >= 0.6 is 0 Å². The van der Waals surface area contributed by atoms with Gasteiger partial charge in [-0.15, -0.1) is 5.10 Å². The molecule has 0 bridgehead atoms. The van der Waals surface area contributed by atoms with Crippen molar-refractivity contribution in [2.75, 3.05) is 11.9 Å². The van der Waals surface area contributed by atoms with E-state index < -0.39 is 0 Å². The molecule has 2 aromatic rings. The summed E-state index contributed by atoms with van der Waals surface area (Å²) in [4.78, 5) is 0. The first-order valence-electron chi connectivity index (χ1n) is 5.12. The van der Waals surface area contributed by atoms with Crippen molar-refractivity contribution < 1.29 is 8.83 Å². The number of anilines is 1. The minimum atomic E-state index is -0.0128. The Morgan fingerprint density at radius 1 is 1.50 bits per heavy atom. The van der Waals surface area contributed by atoms with Gasteiger partial charge in [0.15, 0.2) is 0 Å². The normalized spacial score (nSPS) is 12.6. The maximum atomic E-state index is 5.39. The Labute approximate surface area is 92.8 Å². The summed E-state index contributed by atoms with van der Waals surface area (Å²) < 4.78 is 10.6. The Morgan fingerprint density at radius 2 is 2.38 bits per heavy atom. The van der Waals surface area contributed by atoms with Gasteiger partial charge in [-0.05, 0) is 19.1 Å². The molecule has 0 aliphatic rings. The predicted molar refractivity (Wildman–Crippen MR) is 57.8 cm³/mol. The van der Waals surface area contributed by atoms with Crippen LogP contribution in [0.15, 0.2) is 27.2 Å². The molecule has 0 aliphatic heterocycles. The van der Waals surface area contributed by atoms with Gasteiger partial charge in [-0.1, -0.05) is 5.10 Å². The lowest BCUT2D eigenvalue weighted by Crippen LogP contribution is -2.05. The molecule has 1 unspecified atom stereocenters. The lowest BCUT2D eigenvalue weighted by molar-refractivity contribution is 0.470. The first-order chi connectivity index (χ1) is 7.79. The minimum absolute atomic E-state index is 0.0128. The van der Waals surface area contributed by atoms with Gasteiger partial charge in [-0.2, -0.15) is 0 Å². The van der Waals surface area contributed by atoms with E-state index >= 15 is 0 Å². The molecule has 0 aliphatic carbocycles. The van der Waals surface area contributed by atoms with Crippen LogP contribution in [-0.2, 0) is 6.42 Å². The summed E-state index contributed by atoms with van der Waals surface area (Å²) in [6, 6.07) is 4.09. The zero-order chi connectivity index (χ0) is 11.4. The zero-order valence-corrected chi connectivity index (χ0v) is 9.01. The quantitative estimate of drug-likeness (QED) is 0.793. The van der Waals surface area contributed by atoms with E-state index in [1.165, 1.54) is 0 Å². The third-order valence-electron chi connectivity index (χ3n) is 2.13. The van der Waals surface area contributed by atoms with Crippen molar-refractivity contribution in [3.63, 3.8) is 0 Å². The van der Waals surface area contributed by atoms with Crippen LogP contribution < -0.4 is 11.1 Å². The summed E-state index contributed by atoms with van der Waals surface area (Å²) in [5.41, 5.74) is 5.39. The number of hydrogen-bond acceptors (Lipinski definition) is 6. The molecule has 0 spiro atoms. The van der Waals surface area contributed by atoms with E-state index in [1.807, 2.05) is 19.1 Å². The van der Waals surface area contributed by atoms with Crippen LogP contribution in [0, 0.1) is 0 Å². The second-order valence-electron chi connectivity index (χ2n) is 3.42. The van der Waals surface area contributed by atoms with Crippen molar-refractivity contribution in [1.29, 1.82) is 0 Å². The van der Waals surface area contributed by atoms with Crippen molar-refractivity contribution in [2.24, 2.45) is 5.73 Å². The molecule has 2 rings (SSSR count). The van der Waals surface area contributed by atoms with Crippen LogP contribution in [0.5, 0.6) is 0 Å². The molecule has 16 heavy (non-hydrogen) atoms. The summed E-state index contributed by atoms with van der Waals surface area (Å²) in [6.07, 6.45) is 2.21. The lowest BCUT2D eigenvalue weighted by Gasteiger charge is -2.07. The monoisotopic (exact) mass is 222 g/mol. The van der Waals surface area contributed by atoms with E-state index in [4.69, 9.17) is 14.6 Å². The molecule has 2 aromatic heterocycles. The Kier molecular flexibility index (Phi) is 3.21. The smallest absolute Gasteiger partial charge is 0.316 e. The van der Waals surface area contributed by atoms with Crippen LogP contribution in [0.4, 0.5) is 6.01 Å². The summed E-state index contributed by atoms with van der Waals surface area (Å²) in [5.74, 6) is 1.36. The molecular formula is C10H14N4O2. The van der Waals surface area contributed by atoms with Gasteiger partial charge in [-0.25, -0.2) is 0 Å². The molecule has 2 heterocycles. The van der Waals surface area contributed by atoms with Crippen LogP contribution in [0.2, 0.25) is 0 Å². The second kappa shape index (κ2) is 4.80. The molecule has 3 N–H and O–H groups in total. The van der Waals surface area contributed by atoms with Crippen molar-refractivity contribution in [2.45, 2.75) is 19.4 Å². The largest absolute Gasteiger partial charge is 0.467 e. The van der Waals surface area contributed by atoms with E-state index in [0.717, 1.165) is 5.76 Å². The first-order valence-corrected chi connectivity index (χ1v) is 5.12. The van der Waals surface area contributed by atoms with E-state index in [0.29, 0.717) is 24.9 Å². The van der Waals surface area contributed by atoms with Gasteiger partial charge >= 0.3 is 6.01 Å². The van der Waals surface area contributed by atoms with Crippen molar-refractivity contribution >= 4 is 6.01 Å². The standard InChI is InChI=1S/C10H14N4O2/c1-7(8-3-2-6-15-8)12-10-14-13-9(16-10)4-5-11/h2-3,6-7H,4-5,11H2,1H3,(H,12,14). The number of nitrogens with two attached hydrogens (primary N) is 1. The lowest BCUT2D eigenvalue weighted by atomic mass is 10.3. The Balaban J connectivity index is 1.98. The average molecular weight is 222 g/mol. The third-order valence-corrected chi connectivity index (χ3v) is 2.13. The topological polar surface area (TPSA) is 90.1 Å². The Bertz CT molecular complexity index is 424. The van der Waals surface area contributed by atoms with Gasteiger partial charge in [0.25, 0.3) is 0 Å². The van der Waals surface area contributed by atoms with Gasteiger partial charge < -0.3 is 19.9 Å². The van der Waals surface area contributed by atoms with E-state index in [1.54, 1.807) is 6.26 Å². The molecule has 6 heteroatoms. The van der Waals surface area contributed by atoms with Crippen molar-refractivity contribution in [3.05, 3.63) is 30.0 Å². The summed E-state index contributed by atoms with van der Waals surface area (Å²) in [7, 11) is 0. The third kappa shape index (κ3) is 2.40. The Hall–Kier alpha value is -1.82. The number of nitrogens with zero attached hydrogens (tertiary/aromatic N) is 2. The molecule has 0 saturated heterocycles. The van der Waals surface area contributed by atoms with E-state index in [9.17, 15) is 0 Å². The van der Waals surface area contributed by atoms with E-state index in [-0.39, 0.29) is 6.04 Å². The second-order valence-corrected chi connectivity index (χ2v) is 3.42. The number of furan rings is 1. The number of rotatable bonds is 5. The molecule has 86 valence electrons. The molecule has 0 fully saturated rings. The summed E-state index contributed by atoms with van der Waals surface area (Å²) in [5, 5.41) is 10.8. The van der Waals surface area contributed by atoms with Gasteiger partial charge in [0, 0.05) is 13.0 Å². The number of hydrogen-bond donors (Lipinski definition) is 2. The van der Waals surface area contributed by atoms with Crippen LogP contribution in [0.25, 0.3) is 0 Å². The maximum Gasteiger partial charge on any atom is 0.316 e. The van der Waals surface area contributed by atoms with Crippen LogP contribution in [0.1, 0.15) is 24.6 Å². The van der Waals surface area contributed by atoms with Crippen molar-refractivity contribution in [1.82, 2.24) is 10.2 Å². The minimum Gasteiger partial charge on any atom is -0.467 e. The van der Waals surface area contributed by atoms with Crippen molar-refractivity contribution in [3.8, 4) is 0 Å². The molecule has 0 amide bonds. The molecule has 1 atom stereocenters. The zero-order valence-electron chi connectivity index (χ0n) is 9.01. The molecule has 6 nitrogen and oxygen atoms in total. The number of aromatic nitrogens is 2. The van der Waals surface area contributed by atoms with Crippen LogP contribution in [0.3, 0.4) is 0 Å². The van der Waals surface area contributed by atoms with Gasteiger partial charge in [0.1, 0.15) is 5.76 Å². The molecule has 0 saturated carbocycles. The van der Waals surface area contributed by atoms with Crippen LogP contribution in [-0.4, -0.2) is 16.7 Å². The van der Waals surface area contributed by atoms with Gasteiger partial charge in [0.2, 0.25) is 5.89 Å². The average Bonchev–Trinajstić information content (AvgIpc) is 2.89. The summed E-state index contributed by atoms with van der Waals surface area (Å²) in [6.45, 7) is 2.45. The first kappa shape index (κ1) is 10.7. The highest BCUT2D eigenvalue weighted by Crippen LogP contribution is 2.18. The van der Waals surface area contributed by atoms with Gasteiger partial charge in [-0.3, -0.25) is 0 Å². The molecule has 0 radical (unpaired) electrons. The fourth-order valence-electron chi connectivity index (χ4n) is 1.33. The maximum absolute atomic E-state index is 5.39. The number of nitrogens with one attached hydrogen (secondary N) is 1. The predicted octanol–water partition coefficient (Wildman–Crippen LogP) is 1.34. The fraction of sp³-hybridized carbons (Fsp3) is 0.400. The van der Waals surface area contributed by atoms with Gasteiger partial charge in [0.05, 0.1) is 12.3 Å². The molecule has 0 aromatic carbocycles. The Morgan fingerprint density at radius 3 is 3.06 bits per heavy atom. The fourth-order valence-corrected chi connectivity index (χ4v) is 1.33. The highest BCUT2D eigenvalue weighted by atomic mass is 16.4. The summed E-state index contributed by atoms with van der Waals surface area (Å²) >= 11 is 0. The SMILES string of the molecule is CC(Nc1nnc(CCN)o1)c1ccco1. The molecular weight excluding hydrogens is 208 g/mol. The highest BCUT2D eigenvalue weighted by molar-refractivity contribution is 5.23.